The third-order valence-corrected chi connectivity index (χ3v) is 2.50. The average molecular weight is 285 g/mol. The molecule has 0 atom stereocenters. The molecular formula is C12H10F3N3O2. The molecule has 1 aromatic heterocycles. The second-order valence-electron chi connectivity index (χ2n) is 3.86. The summed E-state index contributed by atoms with van der Waals surface area (Å²) in [5, 5.41) is 0. The van der Waals surface area contributed by atoms with Gasteiger partial charge in [-0.3, -0.25) is 4.79 Å². The van der Waals surface area contributed by atoms with E-state index in [4.69, 9.17) is 10.5 Å². The molecule has 20 heavy (non-hydrogen) atoms. The first kappa shape index (κ1) is 13.9. The van der Waals surface area contributed by atoms with Gasteiger partial charge < -0.3 is 15.0 Å². The standard InChI is InChI=1S/C12H10F3N3O2/c13-7-5-9(15)10(6-8(7)14)20-4-3-18-2-1-17-11(16)12(18)19/h1-2,5-6H,3-4H2,(H2,16,17). The van der Waals surface area contributed by atoms with Crippen LogP contribution in [0.15, 0.2) is 29.3 Å². The van der Waals surface area contributed by atoms with Gasteiger partial charge in [-0.05, 0) is 0 Å². The highest BCUT2D eigenvalue weighted by molar-refractivity contribution is 5.26. The Morgan fingerprint density at radius 3 is 2.65 bits per heavy atom. The van der Waals surface area contributed by atoms with Gasteiger partial charge in [0.1, 0.15) is 6.61 Å². The number of hydrogen-bond acceptors (Lipinski definition) is 4. The zero-order chi connectivity index (χ0) is 14.7. The quantitative estimate of drug-likeness (QED) is 0.860. The summed E-state index contributed by atoms with van der Waals surface area (Å²) >= 11 is 0. The van der Waals surface area contributed by atoms with Crippen molar-refractivity contribution in [2.75, 3.05) is 12.3 Å². The lowest BCUT2D eigenvalue weighted by atomic mass is 10.3. The molecule has 106 valence electrons. The third kappa shape index (κ3) is 2.90. The van der Waals surface area contributed by atoms with Gasteiger partial charge in [0.15, 0.2) is 29.0 Å². The first-order valence-electron chi connectivity index (χ1n) is 5.57. The van der Waals surface area contributed by atoms with Gasteiger partial charge >= 0.3 is 0 Å². The van der Waals surface area contributed by atoms with Crippen LogP contribution < -0.4 is 16.0 Å². The van der Waals surface area contributed by atoms with E-state index in [2.05, 4.69) is 4.98 Å². The van der Waals surface area contributed by atoms with Crippen LogP contribution in [0, 0.1) is 17.5 Å². The SMILES string of the molecule is Nc1nccn(CCOc2cc(F)c(F)cc2F)c1=O. The lowest BCUT2D eigenvalue weighted by molar-refractivity contribution is 0.279. The van der Waals surface area contributed by atoms with E-state index < -0.39 is 28.8 Å². The molecule has 1 heterocycles. The summed E-state index contributed by atoms with van der Waals surface area (Å²) in [6, 6.07) is 0.996. The monoisotopic (exact) mass is 285 g/mol. The number of nitrogen functional groups attached to an aromatic ring is 1. The number of halogens is 3. The minimum Gasteiger partial charge on any atom is -0.489 e. The average Bonchev–Trinajstić information content (AvgIpc) is 2.40. The highest BCUT2D eigenvalue weighted by atomic mass is 19.2. The van der Waals surface area contributed by atoms with Crippen LogP contribution in [-0.4, -0.2) is 16.2 Å². The number of nitrogens with two attached hydrogens (primary N) is 1. The van der Waals surface area contributed by atoms with Crippen molar-refractivity contribution in [1.82, 2.24) is 9.55 Å². The van der Waals surface area contributed by atoms with Gasteiger partial charge in [0.05, 0.1) is 6.54 Å². The Labute approximate surface area is 111 Å². The van der Waals surface area contributed by atoms with Crippen molar-refractivity contribution in [1.29, 1.82) is 0 Å². The molecule has 0 bridgehead atoms. The topological polar surface area (TPSA) is 70.1 Å². The first-order valence-corrected chi connectivity index (χ1v) is 5.57. The molecule has 0 aliphatic rings. The molecule has 0 fully saturated rings. The van der Waals surface area contributed by atoms with Crippen LogP contribution in [-0.2, 0) is 6.54 Å². The number of ether oxygens (including phenoxy) is 1. The van der Waals surface area contributed by atoms with E-state index in [0.29, 0.717) is 12.1 Å². The number of aromatic nitrogens is 2. The Kier molecular flexibility index (Phi) is 3.92. The molecule has 0 amide bonds. The van der Waals surface area contributed by atoms with E-state index in [1.807, 2.05) is 0 Å². The maximum atomic E-state index is 13.3. The molecule has 2 aromatic rings. The zero-order valence-corrected chi connectivity index (χ0v) is 10.1. The minimum atomic E-state index is -1.30. The van der Waals surface area contributed by atoms with Crippen molar-refractivity contribution in [3.8, 4) is 5.75 Å². The molecule has 0 spiro atoms. The summed E-state index contributed by atoms with van der Waals surface area (Å²) in [4.78, 5) is 15.1. The maximum Gasteiger partial charge on any atom is 0.293 e. The van der Waals surface area contributed by atoms with E-state index in [1.165, 1.54) is 17.0 Å². The summed E-state index contributed by atoms with van der Waals surface area (Å²) < 4.78 is 45.1. The molecule has 5 nitrogen and oxygen atoms in total. The Bertz CT molecular complexity index is 688. The molecule has 1 aromatic carbocycles. The molecular weight excluding hydrogens is 275 g/mol. The van der Waals surface area contributed by atoms with Gasteiger partial charge in [0, 0.05) is 24.5 Å². The van der Waals surface area contributed by atoms with Crippen LogP contribution in [0.1, 0.15) is 0 Å². The second-order valence-corrected chi connectivity index (χ2v) is 3.86. The fraction of sp³-hybridized carbons (Fsp3) is 0.167. The van der Waals surface area contributed by atoms with Crippen LogP contribution in [0.4, 0.5) is 19.0 Å². The smallest absolute Gasteiger partial charge is 0.293 e. The van der Waals surface area contributed by atoms with Crippen molar-refractivity contribution in [3.05, 3.63) is 52.3 Å². The molecule has 0 saturated heterocycles. The van der Waals surface area contributed by atoms with Crippen LogP contribution in [0.5, 0.6) is 5.75 Å². The Balaban J connectivity index is 2.05. The lowest BCUT2D eigenvalue weighted by Gasteiger charge is -2.09. The molecule has 0 radical (unpaired) electrons. The van der Waals surface area contributed by atoms with Crippen molar-refractivity contribution >= 4 is 5.82 Å². The minimum absolute atomic E-state index is 0.0595. The summed E-state index contributed by atoms with van der Waals surface area (Å²) in [5.74, 6) is -4.14. The van der Waals surface area contributed by atoms with Crippen LogP contribution in [0.3, 0.4) is 0 Å². The summed E-state index contributed by atoms with van der Waals surface area (Å²) in [5.41, 5.74) is 4.82. The number of rotatable bonds is 4. The summed E-state index contributed by atoms with van der Waals surface area (Å²) in [7, 11) is 0. The molecule has 0 unspecified atom stereocenters. The number of benzene rings is 1. The number of nitrogens with zero attached hydrogens (tertiary/aromatic N) is 2. The van der Waals surface area contributed by atoms with Crippen molar-refractivity contribution in [2.24, 2.45) is 0 Å². The highest BCUT2D eigenvalue weighted by Gasteiger charge is 2.11. The van der Waals surface area contributed by atoms with Gasteiger partial charge in [0.25, 0.3) is 5.56 Å². The molecule has 0 aliphatic heterocycles. The second kappa shape index (κ2) is 5.64. The summed E-state index contributed by atoms with van der Waals surface area (Å²) in [6.07, 6.45) is 2.71. The highest BCUT2D eigenvalue weighted by Crippen LogP contribution is 2.20. The van der Waals surface area contributed by atoms with E-state index >= 15 is 0 Å². The molecule has 8 heteroatoms. The molecule has 0 aliphatic carbocycles. The lowest BCUT2D eigenvalue weighted by Crippen LogP contribution is -2.25. The van der Waals surface area contributed by atoms with Crippen molar-refractivity contribution < 1.29 is 17.9 Å². The maximum absolute atomic E-state index is 13.3. The fourth-order valence-corrected chi connectivity index (χ4v) is 1.51. The fourth-order valence-electron chi connectivity index (χ4n) is 1.51. The van der Waals surface area contributed by atoms with Gasteiger partial charge in [-0.25, -0.2) is 18.2 Å². The Morgan fingerprint density at radius 2 is 1.90 bits per heavy atom. The third-order valence-electron chi connectivity index (χ3n) is 2.50. The predicted molar refractivity (Wildman–Crippen MR) is 64.7 cm³/mol. The molecule has 2 N–H and O–H groups in total. The Hall–Kier alpha value is -2.51. The van der Waals surface area contributed by atoms with Gasteiger partial charge in [-0.1, -0.05) is 0 Å². The van der Waals surface area contributed by atoms with Gasteiger partial charge in [-0.2, -0.15) is 0 Å². The zero-order valence-electron chi connectivity index (χ0n) is 10.1. The van der Waals surface area contributed by atoms with Gasteiger partial charge in [-0.15, -0.1) is 0 Å². The van der Waals surface area contributed by atoms with Crippen LogP contribution in [0.2, 0.25) is 0 Å². The molecule has 0 saturated carbocycles. The molecule has 2 rings (SSSR count). The van der Waals surface area contributed by atoms with Crippen molar-refractivity contribution in [2.45, 2.75) is 6.54 Å². The van der Waals surface area contributed by atoms with Gasteiger partial charge in [0.2, 0.25) is 0 Å². The largest absolute Gasteiger partial charge is 0.489 e. The summed E-state index contributed by atoms with van der Waals surface area (Å²) in [6.45, 7) is -0.0602. The number of hydrogen-bond donors (Lipinski definition) is 1. The first-order chi connectivity index (χ1) is 9.49. The van der Waals surface area contributed by atoms with Crippen LogP contribution in [0.25, 0.3) is 0 Å². The number of anilines is 1. The Morgan fingerprint density at radius 1 is 1.20 bits per heavy atom. The van der Waals surface area contributed by atoms with E-state index in [-0.39, 0.29) is 19.0 Å². The van der Waals surface area contributed by atoms with E-state index in [9.17, 15) is 18.0 Å². The van der Waals surface area contributed by atoms with Crippen molar-refractivity contribution in [3.63, 3.8) is 0 Å². The van der Waals surface area contributed by atoms with Crippen LogP contribution >= 0.6 is 0 Å². The normalized spacial score (nSPS) is 10.6. The predicted octanol–water partition coefficient (Wildman–Crippen LogP) is 1.32. The van der Waals surface area contributed by atoms with E-state index in [0.717, 1.165) is 0 Å². The van der Waals surface area contributed by atoms with E-state index in [1.54, 1.807) is 0 Å².